The Morgan fingerprint density at radius 2 is 1.92 bits per heavy atom. The van der Waals surface area contributed by atoms with Gasteiger partial charge in [-0.2, -0.15) is 0 Å². The maximum atomic E-state index is 10.3. The number of rotatable bonds is 4. The highest BCUT2D eigenvalue weighted by molar-refractivity contribution is 4.74. The Bertz CT molecular complexity index is 128. The number of hydrogen-bond acceptors (Lipinski definition) is 1. The van der Waals surface area contributed by atoms with Gasteiger partial charge in [-0.05, 0) is 58.5 Å². The molecule has 0 unspecified atom stereocenters. The normalized spacial score (nSPS) is 21.2. The van der Waals surface area contributed by atoms with Crippen LogP contribution < -0.4 is 0 Å². The van der Waals surface area contributed by atoms with Gasteiger partial charge in [-0.3, -0.25) is 0 Å². The van der Waals surface area contributed by atoms with Gasteiger partial charge in [-0.15, -0.1) is 0 Å². The minimum absolute atomic E-state index is 0.115. The van der Waals surface area contributed by atoms with Crippen LogP contribution >= 0.6 is 0 Å². The van der Waals surface area contributed by atoms with E-state index in [-0.39, 0.29) is 6.61 Å². The average molecular weight is 184 g/mol. The van der Waals surface area contributed by atoms with Crippen molar-refractivity contribution in [1.29, 1.82) is 0 Å². The molecule has 0 spiro atoms. The largest absolute Gasteiger partial charge is 0.301 e. The maximum absolute atomic E-state index is 10.3. The fraction of sp³-hybridized carbons (Fsp3) is 1.00. The van der Waals surface area contributed by atoms with E-state index in [0.29, 0.717) is 6.04 Å². The van der Waals surface area contributed by atoms with E-state index in [2.05, 4.69) is 18.7 Å². The van der Waals surface area contributed by atoms with Gasteiger partial charge in [0.2, 0.25) is 0 Å². The van der Waals surface area contributed by atoms with Crippen LogP contribution in [-0.4, -0.2) is 30.6 Å². The maximum Gasteiger partial charge on any atom is 0.0822 e. The molecule has 0 aromatic rings. The van der Waals surface area contributed by atoms with Crippen molar-refractivity contribution in [3.63, 3.8) is 0 Å². The Hall–Kier alpha value is -0.0800. The molecule has 0 N–H and O–H groups in total. The van der Waals surface area contributed by atoms with Crippen molar-refractivity contribution in [3.8, 4) is 0 Å². The predicted molar refractivity (Wildman–Crippen MR) is 54.2 cm³/mol. The highest BCUT2D eigenvalue weighted by Gasteiger charge is 2.19. The zero-order valence-corrected chi connectivity index (χ0v) is 8.96. The van der Waals surface area contributed by atoms with Gasteiger partial charge in [0.25, 0.3) is 0 Å². The number of hydrogen-bond donors (Lipinski definition) is 0. The molecular formula is C11H22NO. The third-order valence-electron chi connectivity index (χ3n) is 3.14. The molecule has 13 heavy (non-hydrogen) atoms. The summed E-state index contributed by atoms with van der Waals surface area (Å²) in [7, 11) is 0. The molecule has 2 nitrogen and oxygen atoms in total. The average Bonchev–Trinajstić information content (AvgIpc) is 2.15. The minimum Gasteiger partial charge on any atom is -0.301 e. The topological polar surface area (TPSA) is 23.1 Å². The van der Waals surface area contributed by atoms with E-state index < -0.39 is 0 Å². The molecule has 0 aliphatic carbocycles. The van der Waals surface area contributed by atoms with Crippen LogP contribution in [0.25, 0.3) is 0 Å². The fourth-order valence-electron chi connectivity index (χ4n) is 2.13. The quantitative estimate of drug-likeness (QED) is 0.657. The van der Waals surface area contributed by atoms with Gasteiger partial charge in [-0.1, -0.05) is 0 Å². The molecule has 0 atom stereocenters. The van der Waals surface area contributed by atoms with E-state index >= 15 is 0 Å². The van der Waals surface area contributed by atoms with Gasteiger partial charge in [0.1, 0.15) is 0 Å². The summed E-state index contributed by atoms with van der Waals surface area (Å²) in [6.45, 7) is 7.11. The molecule has 0 aromatic carbocycles. The van der Waals surface area contributed by atoms with Crippen LogP contribution in [0.15, 0.2) is 0 Å². The summed E-state index contributed by atoms with van der Waals surface area (Å²) in [5, 5.41) is 10.3. The van der Waals surface area contributed by atoms with Gasteiger partial charge < -0.3 is 4.90 Å². The van der Waals surface area contributed by atoms with E-state index in [4.69, 9.17) is 0 Å². The lowest BCUT2D eigenvalue weighted by molar-refractivity contribution is 0.132. The zero-order valence-electron chi connectivity index (χ0n) is 8.96. The summed E-state index contributed by atoms with van der Waals surface area (Å²) >= 11 is 0. The van der Waals surface area contributed by atoms with Crippen LogP contribution in [0.1, 0.15) is 39.5 Å². The molecule has 1 aliphatic heterocycles. The molecular weight excluding hydrogens is 162 g/mol. The lowest BCUT2D eigenvalue weighted by atomic mass is 9.92. The third kappa shape index (κ3) is 3.65. The van der Waals surface area contributed by atoms with Crippen LogP contribution in [0.2, 0.25) is 0 Å². The Morgan fingerprint density at radius 1 is 1.31 bits per heavy atom. The zero-order chi connectivity index (χ0) is 9.68. The highest BCUT2D eigenvalue weighted by atomic mass is 16.2. The Morgan fingerprint density at radius 3 is 2.38 bits per heavy atom. The second kappa shape index (κ2) is 5.61. The van der Waals surface area contributed by atoms with Gasteiger partial charge in [0, 0.05) is 6.04 Å². The number of piperidine rings is 1. The SMILES string of the molecule is CC(C)N1CCC(CCC[O])CC1. The summed E-state index contributed by atoms with van der Waals surface area (Å²) in [6.07, 6.45) is 4.65. The summed E-state index contributed by atoms with van der Waals surface area (Å²) in [5.41, 5.74) is 0. The molecule has 2 heteroatoms. The summed E-state index contributed by atoms with van der Waals surface area (Å²) in [4.78, 5) is 2.54. The number of nitrogens with zero attached hydrogens (tertiary/aromatic N) is 1. The first-order valence-electron chi connectivity index (χ1n) is 5.56. The minimum atomic E-state index is 0.115. The molecule has 0 bridgehead atoms. The van der Waals surface area contributed by atoms with Crippen molar-refractivity contribution in [2.75, 3.05) is 19.7 Å². The standard InChI is InChI=1S/C11H22NO/c1-10(2)12-7-5-11(6-8-12)4-3-9-13/h10-11H,3-9H2,1-2H3. The highest BCUT2D eigenvalue weighted by Crippen LogP contribution is 2.22. The number of likely N-dealkylation sites (tertiary alicyclic amines) is 1. The van der Waals surface area contributed by atoms with Crippen molar-refractivity contribution in [1.82, 2.24) is 4.90 Å². The molecule has 0 saturated carbocycles. The molecule has 1 rings (SSSR count). The smallest absolute Gasteiger partial charge is 0.0822 e. The molecule has 77 valence electrons. The van der Waals surface area contributed by atoms with Crippen molar-refractivity contribution in [2.45, 2.75) is 45.6 Å². The lowest BCUT2D eigenvalue weighted by Crippen LogP contribution is -2.38. The van der Waals surface area contributed by atoms with Crippen LogP contribution in [0.4, 0.5) is 0 Å². The molecule has 1 fully saturated rings. The van der Waals surface area contributed by atoms with Crippen molar-refractivity contribution >= 4 is 0 Å². The van der Waals surface area contributed by atoms with Crippen molar-refractivity contribution < 1.29 is 5.11 Å². The van der Waals surface area contributed by atoms with Crippen LogP contribution in [0.5, 0.6) is 0 Å². The van der Waals surface area contributed by atoms with Gasteiger partial charge in [0.05, 0.1) is 6.61 Å². The second-order valence-electron chi connectivity index (χ2n) is 4.42. The fourth-order valence-corrected chi connectivity index (χ4v) is 2.13. The van der Waals surface area contributed by atoms with Crippen molar-refractivity contribution in [3.05, 3.63) is 0 Å². The van der Waals surface area contributed by atoms with Crippen molar-refractivity contribution in [2.24, 2.45) is 5.92 Å². The van der Waals surface area contributed by atoms with E-state index in [1.807, 2.05) is 0 Å². The summed E-state index contributed by atoms with van der Waals surface area (Å²) in [6, 6.07) is 0.695. The molecule has 1 aliphatic rings. The Kier molecular flexibility index (Phi) is 4.74. The van der Waals surface area contributed by atoms with Gasteiger partial charge in [0.15, 0.2) is 0 Å². The molecule has 0 aromatic heterocycles. The Labute approximate surface area is 81.9 Å². The third-order valence-corrected chi connectivity index (χ3v) is 3.14. The van der Waals surface area contributed by atoms with Crippen LogP contribution in [0, 0.1) is 5.92 Å². The predicted octanol–water partition coefficient (Wildman–Crippen LogP) is 2.32. The molecule has 1 radical (unpaired) electrons. The van der Waals surface area contributed by atoms with E-state index in [1.165, 1.54) is 25.9 Å². The molecule has 1 heterocycles. The van der Waals surface area contributed by atoms with E-state index in [9.17, 15) is 5.11 Å². The first-order valence-corrected chi connectivity index (χ1v) is 5.56. The van der Waals surface area contributed by atoms with Crippen LogP contribution in [-0.2, 0) is 5.11 Å². The van der Waals surface area contributed by atoms with E-state index in [1.54, 1.807) is 0 Å². The second-order valence-corrected chi connectivity index (χ2v) is 4.42. The summed E-state index contributed by atoms with van der Waals surface area (Å²) < 4.78 is 0. The molecule has 1 saturated heterocycles. The first-order chi connectivity index (χ1) is 6.24. The first kappa shape index (κ1) is 11.0. The summed E-state index contributed by atoms with van der Waals surface area (Å²) in [5.74, 6) is 0.837. The Balaban J connectivity index is 2.15. The lowest BCUT2D eigenvalue weighted by Gasteiger charge is -2.34. The molecule has 0 amide bonds. The van der Waals surface area contributed by atoms with Crippen LogP contribution in [0.3, 0.4) is 0 Å². The van der Waals surface area contributed by atoms with Gasteiger partial charge >= 0.3 is 0 Å². The monoisotopic (exact) mass is 184 g/mol. The van der Waals surface area contributed by atoms with E-state index in [0.717, 1.165) is 18.8 Å². The van der Waals surface area contributed by atoms with Gasteiger partial charge in [-0.25, -0.2) is 5.11 Å².